The van der Waals surface area contributed by atoms with Crippen LogP contribution in [0.25, 0.3) is 4.96 Å². The van der Waals surface area contributed by atoms with E-state index in [2.05, 4.69) is 36.2 Å². The Bertz CT molecular complexity index is 885. The predicted octanol–water partition coefficient (Wildman–Crippen LogP) is 2.47. The lowest BCUT2D eigenvalue weighted by Gasteiger charge is -2.34. The van der Waals surface area contributed by atoms with Crippen molar-refractivity contribution in [1.82, 2.24) is 18.9 Å². The summed E-state index contributed by atoms with van der Waals surface area (Å²) in [6.07, 6.45) is 4.78. The molecule has 2 fully saturated rings. The van der Waals surface area contributed by atoms with Gasteiger partial charge in [0.15, 0.2) is 0 Å². The fraction of sp³-hybridized carbons (Fsp3) is 0.778. The Morgan fingerprint density at radius 1 is 1.18 bits per heavy atom. The Morgan fingerprint density at radius 2 is 1.86 bits per heavy atom. The van der Waals surface area contributed by atoms with E-state index < -0.39 is 10.0 Å². The molecule has 1 N–H and O–H groups in total. The van der Waals surface area contributed by atoms with Gasteiger partial charge in [-0.2, -0.15) is 0 Å². The predicted molar refractivity (Wildman–Crippen MR) is 111 cm³/mol. The van der Waals surface area contributed by atoms with E-state index in [-0.39, 0.29) is 16.7 Å². The Balaban J connectivity index is 1.35. The molecule has 0 unspecified atom stereocenters. The maximum atomic E-state index is 12.8. The van der Waals surface area contributed by atoms with Crippen molar-refractivity contribution >= 4 is 31.5 Å². The number of hydrogen-bond acceptors (Lipinski definition) is 7. The molecular weight excluding hydrogens is 398 g/mol. The molecule has 0 aliphatic carbocycles. The number of rotatable bonds is 4. The first-order valence-corrected chi connectivity index (χ1v) is 12.3. The minimum Gasteiger partial charge on any atom is -0.381 e. The van der Waals surface area contributed by atoms with Gasteiger partial charge in [-0.1, -0.05) is 32.1 Å². The molecule has 4 rings (SSSR count). The zero-order chi connectivity index (χ0) is 19.9. The second-order valence-electron chi connectivity index (χ2n) is 8.68. The average molecular weight is 428 g/mol. The minimum absolute atomic E-state index is 0.00376. The first kappa shape index (κ1) is 20.1. The number of sulfonamides is 1. The van der Waals surface area contributed by atoms with Crippen LogP contribution in [-0.4, -0.2) is 64.9 Å². The molecule has 0 atom stereocenters. The molecule has 0 aromatic carbocycles. The van der Waals surface area contributed by atoms with Gasteiger partial charge in [-0.25, -0.2) is 22.2 Å². The van der Waals surface area contributed by atoms with Crippen molar-refractivity contribution in [2.75, 3.05) is 31.6 Å². The van der Waals surface area contributed by atoms with Crippen molar-refractivity contribution in [2.24, 2.45) is 0 Å². The summed E-state index contributed by atoms with van der Waals surface area (Å²) in [5.41, 5.74) is 1.04. The summed E-state index contributed by atoms with van der Waals surface area (Å²) in [6.45, 7) is 8.64. The van der Waals surface area contributed by atoms with Crippen molar-refractivity contribution in [1.29, 1.82) is 0 Å². The number of fused-ring (bicyclic) bond motifs is 1. The number of hydrogen-bond donors (Lipinski definition) is 1. The van der Waals surface area contributed by atoms with Gasteiger partial charge in [0.05, 0.1) is 17.1 Å². The van der Waals surface area contributed by atoms with E-state index in [1.165, 1.54) is 0 Å². The number of ether oxygens (including phenoxy) is 1. The zero-order valence-corrected chi connectivity index (χ0v) is 18.4. The normalized spacial score (nSPS) is 21.4. The summed E-state index contributed by atoms with van der Waals surface area (Å²) >= 11 is 1.54. The molecule has 4 heterocycles. The molecule has 0 spiro atoms. The molecule has 10 heteroatoms. The molecule has 2 aliphatic heterocycles. The second-order valence-corrected chi connectivity index (χ2v) is 11.9. The molecule has 0 radical (unpaired) electrons. The number of imidazole rings is 1. The summed E-state index contributed by atoms with van der Waals surface area (Å²) in [4.78, 5) is 5.56. The van der Waals surface area contributed by atoms with Crippen molar-refractivity contribution in [3.63, 3.8) is 0 Å². The van der Waals surface area contributed by atoms with Gasteiger partial charge in [-0.3, -0.25) is 0 Å². The molecule has 28 heavy (non-hydrogen) atoms. The summed E-state index contributed by atoms with van der Waals surface area (Å²) in [5.74, 6) is 0. The molecule has 8 nitrogen and oxygen atoms in total. The Hall–Kier alpha value is -1.23. The summed E-state index contributed by atoms with van der Waals surface area (Å²) in [6, 6.07) is 0.235. The Kier molecular flexibility index (Phi) is 5.41. The summed E-state index contributed by atoms with van der Waals surface area (Å²) < 4.78 is 34.5. The van der Waals surface area contributed by atoms with Gasteiger partial charge in [0, 0.05) is 37.8 Å². The second kappa shape index (κ2) is 7.55. The topological polar surface area (TPSA) is 88.8 Å². The molecule has 156 valence electrons. The standard InChI is InChI=1S/C18H29N5O3S2/c1-18(2,3)15-12-23-17(20-15)27-16(21-23)19-13-4-8-22(9-5-13)28(24,25)14-6-10-26-11-7-14/h12-14H,4-11H2,1-3H3,(H,19,21). The van der Waals surface area contributed by atoms with E-state index in [1.807, 2.05) is 10.7 Å². The van der Waals surface area contributed by atoms with Crippen LogP contribution in [0.2, 0.25) is 0 Å². The lowest BCUT2D eigenvalue weighted by molar-refractivity contribution is 0.0969. The van der Waals surface area contributed by atoms with Crippen LogP contribution in [0.5, 0.6) is 0 Å². The van der Waals surface area contributed by atoms with Crippen molar-refractivity contribution in [3.05, 3.63) is 11.9 Å². The third-order valence-electron chi connectivity index (χ3n) is 5.54. The Labute approximate surface area is 170 Å². The van der Waals surface area contributed by atoms with Crippen LogP contribution < -0.4 is 5.32 Å². The van der Waals surface area contributed by atoms with E-state index in [4.69, 9.17) is 4.74 Å². The van der Waals surface area contributed by atoms with E-state index >= 15 is 0 Å². The molecule has 2 aromatic rings. The number of aromatic nitrogens is 3. The van der Waals surface area contributed by atoms with Crippen molar-refractivity contribution in [3.8, 4) is 0 Å². The quantitative estimate of drug-likeness (QED) is 0.806. The summed E-state index contributed by atoms with van der Waals surface area (Å²) in [5, 5.41) is 8.63. The number of nitrogens with one attached hydrogen (secondary N) is 1. The van der Waals surface area contributed by atoms with Gasteiger partial charge < -0.3 is 10.1 Å². The van der Waals surface area contributed by atoms with Crippen LogP contribution in [0.3, 0.4) is 0 Å². The monoisotopic (exact) mass is 427 g/mol. The lowest BCUT2D eigenvalue weighted by Crippen LogP contribution is -2.47. The molecule has 0 amide bonds. The Morgan fingerprint density at radius 3 is 2.46 bits per heavy atom. The van der Waals surface area contributed by atoms with Gasteiger partial charge >= 0.3 is 0 Å². The maximum Gasteiger partial charge on any atom is 0.217 e. The van der Waals surface area contributed by atoms with Crippen LogP contribution in [0.4, 0.5) is 5.13 Å². The van der Waals surface area contributed by atoms with Gasteiger partial charge in [0.1, 0.15) is 0 Å². The fourth-order valence-electron chi connectivity index (χ4n) is 3.73. The van der Waals surface area contributed by atoms with E-state index in [1.54, 1.807) is 15.6 Å². The van der Waals surface area contributed by atoms with Crippen molar-refractivity contribution in [2.45, 2.75) is 63.2 Å². The number of piperidine rings is 1. The zero-order valence-electron chi connectivity index (χ0n) is 16.7. The molecule has 2 saturated heterocycles. The third-order valence-corrected chi connectivity index (χ3v) is 8.80. The molecule has 2 aromatic heterocycles. The highest BCUT2D eigenvalue weighted by Gasteiger charge is 2.35. The van der Waals surface area contributed by atoms with Crippen LogP contribution in [0.1, 0.15) is 52.1 Å². The van der Waals surface area contributed by atoms with Gasteiger partial charge in [0.25, 0.3) is 0 Å². The molecule has 0 bridgehead atoms. The van der Waals surface area contributed by atoms with Crippen LogP contribution in [0, 0.1) is 0 Å². The number of anilines is 1. The smallest absolute Gasteiger partial charge is 0.217 e. The molecule has 2 aliphatic rings. The maximum absolute atomic E-state index is 12.8. The highest BCUT2D eigenvalue weighted by Crippen LogP contribution is 2.28. The SMILES string of the molecule is CC(C)(C)c1cn2nc(NC3CCN(S(=O)(=O)C4CCOCC4)CC3)sc2n1. The third kappa shape index (κ3) is 4.05. The minimum atomic E-state index is -3.21. The lowest BCUT2D eigenvalue weighted by atomic mass is 9.93. The van der Waals surface area contributed by atoms with Gasteiger partial charge in [-0.05, 0) is 25.7 Å². The van der Waals surface area contributed by atoms with E-state index in [0.717, 1.165) is 28.6 Å². The highest BCUT2D eigenvalue weighted by molar-refractivity contribution is 7.89. The fourth-order valence-corrected chi connectivity index (χ4v) is 6.52. The van der Waals surface area contributed by atoms with Crippen molar-refractivity contribution < 1.29 is 13.2 Å². The first-order chi connectivity index (χ1) is 13.2. The molecular formula is C18H29N5O3S2. The van der Waals surface area contributed by atoms with Crippen LogP contribution >= 0.6 is 11.3 Å². The molecule has 0 saturated carbocycles. The van der Waals surface area contributed by atoms with Crippen LogP contribution in [0.15, 0.2) is 6.20 Å². The van der Waals surface area contributed by atoms with Crippen LogP contribution in [-0.2, 0) is 20.2 Å². The van der Waals surface area contributed by atoms with E-state index in [0.29, 0.717) is 39.1 Å². The average Bonchev–Trinajstić information content (AvgIpc) is 3.21. The largest absolute Gasteiger partial charge is 0.381 e. The van der Waals surface area contributed by atoms with Gasteiger partial charge in [0.2, 0.25) is 20.1 Å². The highest BCUT2D eigenvalue weighted by atomic mass is 32.2. The van der Waals surface area contributed by atoms with E-state index in [9.17, 15) is 8.42 Å². The number of nitrogens with zero attached hydrogens (tertiary/aromatic N) is 4. The summed E-state index contributed by atoms with van der Waals surface area (Å²) in [7, 11) is -3.21. The first-order valence-electron chi connectivity index (χ1n) is 9.93. The van der Waals surface area contributed by atoms with Gasteiger partial charge in [-0.15, -0.1) is 5.10 Å².